The van der Waals surface area contributed by atoms with Gasteiger partial charge in [0, 0.05) is 30.5 Å². The Morgan fingerprint density at radius 1 is 1.08 bits per heavy atom. The second-order valence-corrected chi connectivity index (χ2v) is 8.91. The fraction of sp³-hybridized carbons (Fsp3) is 0.321. The lowest BCUT2D eigenvalue weighted by Crippen LogP contribution is -2.36. The summed E-state index contributed by atoms with van der Waals surface area (Å²) in [6, 6.07) is 6.27. The highest BCUT2D eigenvalue weighted by atomic mass is 19.1. The number of halogens is 2. The first-order chi connectivity index (χ1) is 17.3. The van der Waals surface area contributed by atoms with Crippen LogP contribution in [0.3, 0.4) is 0 Å². The van der Waals surface area contributed by atoms with Gasteiger partial charge in [0.1, 0.15) is 11.5 Å². The molecule has 1 aliphatic heterocycles. The minimum atomic E-state index is -0.767. The van der Waals surface area contributed by atoms with E-state index in [1.807, 2.05) is 19.9 Å². The number of rotatable bonds is 5. The molecule has 0 unspecified atom stereocenters. The molecule has 1 aromatic carbocycles. The normalized spacial score (nSPS) is 13.4. The van der Waals surface area contributed by atoms with Crippen molar-refractivity contribution >= 4 is 17.3 Å². The topological polar surface area (TPSA) is 67.4 Å². The Morgan fingerprint density at radius 2 is 1.83 bits per heavy atom. The minimum absolute atomic E-state index is 0.00777. The van der Waals surface area contributed by atoms with Crippen molar-refractivity contribution in [2.45, 2.75) is 33.6 Å². The number of aryl methyl sites for hydroxylation is 1. The molecule has 1 saturated heterocycles. The Balaban J connectivity index is 1.71. The largest absolute Gasteiger partial charge is 0.378 e. The molecule has 0 spiro atoms. The predicted octanol–water partition coefficient (Wildman–Crippen LogP) is 5.31. The van der Waals surface area contributed by atoms with Crippen molar-refractivity contribution in [3.63, 3.8) is 0 Å². The first-order valence-electron chi connectivity index (χ1n) is 11.8. The number of carbonyl (C=O) groups is 1. The number of pyridine rings is 2. The quantitative estimate of drug-likeness (QED) is 0.491. The van der Waals surface area contributed by atoms with Gasteiger partial charge in [-0.15, -0.1) is 0 Å². The molecule has 3 aromatic rings. The monoisotopic (exact) mass is 490 g/mol. The number of morpholine rings is 1. The summed E-state index contributed by atoms with van der Waals surface area (Å²) in [5.74, 6) is 3.83. The molecule has 6 nitrogen and oxygen atoms in total. The second-order valence-electron chi connectivity index (χ2n) is 8.91. The van der Waals surface area contributed by atoms with E-state index in [2.05, 4.69) is 32.0 Å². The molecule has 186 valence electrons. The highest BCUT2D eigenvalue weighted by Crippen LogP contribution is 2.32. The summed E-state index contributed by atoms with van der Waals surface area (Å²) in [5, 5.41) is 2.53. The third-order valence-electron chi connectivity index (χ3n) is 6.05. The van der Waals surface area contributed by atoms with Crippen LogP contribution in [0.15, 0.2) is 36.7 Å². The van der Waals surface area contributed by atoms with Crippen molar-refractivity contribution in [3.05, 3.63) is 70.8 Å². The highest BCUT2D eigenvalue weighted by Gasteiger charge is 2.20. The van der Waals surface area contributed by atoms with E-state index in [9.17, 15) is 13.6 Å². The van der Waals surface area contributed by atoms with E-state index in [0.29, 0.717) is 48.8 Å². The van der Waals surface area contributed by atoms with E-state index in [0.717, 1.165) is 17.4 Å². The van der Waals surface area contributed by atoms with Crippen LogP contribution in [-0.2, 0) is 4.74 Å². The van der Waals surface area contributed by atoms with Crippen molar-refractivity contribution in [3.8, 4) is 23.0 Å². The Morgan fingerprint density at radius 3 is 2.53 bits per heavy atom. The third kappa shape index (κ3) is 5.37. The number of hydrogen-bond donors (Lipinski definition) is 1. The molecule has 0 radical (unpaired) electrons. The van der Waals surface area contributed by atoms with Crippen molar-refractivity contribution in [2.75, 3.05) is 36.5 Å². The zero-order chi connectivity index (χ0) is 25.8. The van der Waals surface area contributed by atoms with Crippen LogP contribution in [0.4, 0.5) is 20.2 Å². The lowest BCUT2D eigenvalue weighted by atomic mass is 9.99. The molecule has 1 amide bonds. The Bertz CT molecular complexity index is 1360. The smallest absolute Gasteiger partial charge is 0.258 e. The molecule has 0 aliphatic carbocycles. The van der Waals surface area contributed by atoms with Gasteiger partial charge in [-0.05, 0) is 61.1 Å². The van der Waals surface area contributed by atoms with Gasteiger partial charge >= 0.3 is 0 Å². The fourth-order valence-electron chi connectivity index (χ4n) is 4.07. The third-order valence-corrected chi connectivity index (χ3v) is 6.05. The maximum absolute atomic E-state index is 14.9. The van der Waals surface area contributed by atoms with Crippen LogP contribution >= 0.6 is 0 Å². The maximum atomic E-state index is 14.9. The van der Waals surface area contributed by atoms with Gasteiger partial charge in [0.15, 0.2) is 5.82 Å². The van der Waals surface area contributed by atoms with Crippen LogP contribution < -0.4 is 10.2 Å². The molecule has 8 heteroatoms. The lowest BCUT2D eigenvalue weighted by molar-refractivity contribution is 0.102. The number of amides is 1. The van der Waals surface area contributed by atoms with Crippen molar-refractivity contribution in [2.24, 2.45) is 0 Å². The Hall–Kier alpha value is -3.83. The number of hydrogen-bond acceptors (Lipinski definition) is 5. The van der Waals surface area contributed by atoms with Crippen LogP contribution in [0, 0.1) is 30.4 Å². The highest BCUT2D eigenvalue weighted by molar-refractivity contribution is 6.05. The SMILES string of the molecule is CC#Cc1ncc(-c2cc(NC(=O)c3cc(C(C)C)ncc3F)c(F)cc2C)cc1N1CCOCC1. The summed E-state index contributed by atoms with van der Waals surface area (Å²) in [4.78, 5) is 23.6. The van der Waals surface area contributed by atoms with Crippen LogP contribution in [-0.4, -0.2) is 42.2 Å². The van der Waals surface area contributed by atoms with Crippen LogP contribution in [0.5, 0.6) is 0 Å². The van der Waals surface area contributed by atoms with E-state index >= 15 is 0 Å². The first-order valence-corrected chi connectivity index (χ1v) is 11.8. The average Bonchev–Trinajstić information content (AvgIpc) is 2.86. The van der Waals surface area contributed by atoms with Gasteiger partial charge in [-0.1, -0.05) is 19.8 Å². The number of nitrogens with zero attached hydrogens (tertiary/aromatic N) is 3. The van der Waals surface area contributed by atoms with E-state index in [1.54, 1.807) is 26.1 Å². The molecule has 0 atom stereocenters. The van der Waals surface area contributed by atoms with Gasteiger partial charge in [0.2, 0.25) is 0 Å². The van der Waals surface area contributed by atoms with E-state index in [4.69, 9.17) is 4.74 Å². The minimum Gasteiger partial charge on any atom is -0.378 e. The maximum Gasteiger partial charge on any atom is 0.258 e. The van der Waals surface area contributed by atoms with Gasteiger partial charge in [-0.3, -0.25) is 9.78 Å². The van der Waals surface area contributed by atoms with Crippen LogP contribution in [0.2, 0.25) is 0 Å². The van der Waals surface area contributed by atoms with Gasteiger partial charge in [0.25, 0.3) is 5.91 Å². The molecule has 0 saturated carbocycles. The number of carbonyl (C=O) groups excluding carboxylic acids is 1. The summed E-state index contributed by atoms with van der Waals surface area (Å²) >= 11 is 0. The Labute approximate surface area is 209 Å². The molecule has 3 heterocycles. The average molecular weight is 491 g/mol. The second kappa shape index (κ2) is 10.8. The van der Waals surface area contributed by atoms with Crippen molar-refractivity contribution in [1.82, 2.24) is 9.97 Å². The molecule has 36 heavy (non-hydrogen) atoms. The summed E-state index contributed by atoms with van der Waals surface area (Å²) in [6.45, 7) is 9.97. The molecule has 0 bridgehead atoms. The molecule has 1 N–H and O–H groups in total. The van der Waals surface area contributed by atoms with E-state index < -0.39 is 17.5 Å². The Kier molecular flexibility index (Phi) is 7.61. The van der Waals surface area contributed by atoms with Crippen LogP contribution in [0.1, 0.15) is 54.0 Å². The number of benzene rings is 1. The predicted molar refractivity (Wildman–Crippen MR) is 136 cm³/mol. The molecule has 2 aromatic heterocycles. The molecule has 1 aliphatic rings. The van der Waals surface area contributed by atoms with Crippen molar-refractivity contribution < 1.29 is 18.3 Å². The molecule has 1 fully saturated rings. The summed E-state index contributed by atoms with van der Waals surface area (Å²) < 4.78 is 34.7. The summed E-state index contributed by atoms with van der Waals surface area (Å²) in [6.07, 6.45) is 2.70. The zero-order valence-corrected chi connectivity index (χ0v) is 20.8. The lowest BCUT2D eigenvalue weighted by Gasteiger charge is -2.29. The standard InChI is InChI=1S/C28H28F2N4O2/c1-5-6-24-27(34-7-9-36-10-8-34)12-19(15-31-24)20-13-26(22(29)11-18(20)4)33-28(35)21-14-25(17(2)3)32-16-23(21)30/h11-17H,7-10H2,1-4H3,(H,33,35). The van der Waals surface area contributed by atoms with Gasteiger partial charge in [-0.2, -0.15) is 0 Å². The first kappa shape index (κ1) is 25.3. The number of anilines is 2. The fourth-order valence-corrected chi connectivity index (χ4v) is 4.07. The summed E-state index contributed by atoms with van der Waals surface area (Å²) in [7, 11) is 0. The van der Waals surface area contributed by atoms with Gasteiger partial charge in [-0.25, -0.2) is 13.8 Å². The van der Waals surface area contributed by atoms with E-state index in [1.165, 1.54) is 12.1 Å². The summed E-state index contributed by atoms with van der Waals surface area (Å²) in [5.41, 5.74) is 3.99. The van der Waals surface area contributed by atoms with Gasteiger partial charge in [0.05, 0.1) is 36.3 Å². The zero-order valence-electron chi connectivity index (χ0n) is 20.8. The number of ether oxygens (including phenoxy) is 1. The molecular formula is C28H28F2N4O2. The molecular weight excluding hydrogens is 462 g/mol. The molecule has 4 rings (SSSR count). The van der Waals surface area contributed by atoms with Crippen LogP contribution in [0.25, 0.3) is 11.1 Å². The van der Waals surface area contributed by atoms with Gasteiger partial charge < -0.3 is 15.0 Å². The van der Waals surface area contributed by atoms with Crippen molar-refractivity contribution in [1.29, 1.82) is 0 Å². The number of aromatic nitrogens is 2. The van der Waals surface area contributed by atoms with E-state index in [-0.39, 0.29) is 17.2 Å². The number of nitrogens with one attached hydrogen (secondary N) is 1.